The van der Waals surface area contributed by atoms with Crippen LogP contribution in [0.5, 0.6) is 5.75 Å². The topological polar surface area (TPSA) is 29.5 Å². The van der Waals surface area contributed by atoms with Gasteiger partial charge >= 0.3 is 0 Å². The van der Waals surface area contributed by atoms with Gasteiger partial charge in [0.15, 0.2) is 0 Å². The van der Waals surface area contributed by atoms with Crippen molar-refractivity contribution < 1.29 is 14.2 Å². The number of fused-ring (bicyclic) bond motifs is 1. The summed E-state index contributed by atoms with van der Waals surface area (Å²) in [5.74, 6) is 0.169. The van der Waals surface area contributed by atoms with Crippen LogP contribution in [0.1, 0.15) is 41.7 Å². The first-order chi connectivity index (χ1) is 10.1. The lowest BCUT2D eigenvalue weighted by atomic mass is 10.1. The molecule has 2 aromatic carbocycles. The summed E-state index contributed by atoms with van der Waals surface area (Å²) in [5.41, 5.74) is 4.43. The Hall–Kier alpha value is -1.87. The van der Waals surface area contributed by atoms with Gasteiger partial charge in [-0.3, -0.25) is 0 Å². The van der Waals surface area contributed by atoms with Crippen molar-refractivity contribution in [2.24, 2.45) is 0 Å². The molecule has 0 unspecified atom stereocenters. The van der Waals surface area contributed by atoms with E-state index in [-0.39, 0.29) is 5.82 Å². The minimum atomic E-state index is -0.754. The molecule has 3 rings (SSSR count). The van der Waals surface area contributed by atoms with Crippen LogP contribution in [-0.4, -0.2) is 5.11 Å². The Morgan fingerprint density at radius 3 is 2.76 bits per heavy atom. The van der Waals surface area contributed by atoms with Gasteiger partial charge in [-0.05, 0) is 61.1 Å². The summed E-state index contributed by atoms with van der Waals surface area (Å²) in [6.45, 7) is 2.04. The SMILES string of the molecule is C[C@H](O)c1cc(F)ccc1OCc1ccc2c(c1)CCC2. The molecule has 0 fully saturated rings. The van der Waals surface area contributed by atoms with Gasteiger partial charge in [0.1, 0.15) is 18.2 Å². The lowest BCUT2D eigenvalue weighted by Gasteiger charge is -2.14. The molecule has 1 aliphatic carbocycles. The Morgan fingerprint density at radius 1 is 1.14 bits per heavy atom. The molecule has 0 heterocycles. The third kappa shape index (κ3) is 3.08. The third-order valence-electron chi connectivity index (χ3n) is 3.98. The zero-order valence-corrected chi connectivity index (χ0v) is 12.1. The smallest absolute Gasteiger partial charge is 0.125 e. The van der Waals surface area contributed by atoms with Crippen molar-refractivity contribution in [1.29, 1.82) is 0 Å². The lowest BCUT2D eigenvalue weighted by molar-refractivity contribution is 0.189. The molecule has 0 amide bonds. The maximum absolute atomic E-state index is 13.3. The highest BCUT2D eigenvalue weighted by Gasteiger charge is 2.13. The molecule has 1 aliphatic rings. The molecule has 1 N–H and O–H groups in total. The molecule has 1 atom stereocenters. The molecule has 21 heavy (non-hydrogen) atoms. The quantitative estimate of drug-likeness (QED) is 0.922. The third-order valence-corrected chi connectivity index (χ3v) is 3.98. The summed E-state index contributed by atoms with van der Waals surface area (Å²) < 4.78 is 19.0. The highest BCUT2D eigenvalue weighted by molar-refractivity contribution is 5.37. The van der Waals surface area contributed by atoms with E-state index in [1.54, 1.807) is 13.0 Å². The summed E-state index contributed by atoms with van der Waals surface area (Å²) in [6, 6.07) is 10.7. The molecule has 0 saturated heterocycles. The summed E-state index contributed by atoms with van der Waals surface area (Å²) in [5, 5.41) is 9.71. The molecule has 0 saturated carbocycles. The van der Waals surface area contributed by atoms with Gasteiger partial charge in [-0.1, -0.05) is 18.2 Å². The van der Waals surface area contributed by atoms with Crippen LogP contribution in [0.2, 0.25) is 0 Å². The van der Waals surface area contributed by atoms with Gasteiger partial charge < -0.3 is 9.84 Å². The first-order valence-electron chi connectivity index (χ1n) is 7.34. The molecular formula is C18H19FO2. The van der Waals surface area contributed by atoms with E-state index in [1.807, 2.05) is 0 Å². The molecule has 0 aromatic heterocycles. The fourth-order valence-electron chi connectivity index (χ4n) is 2.85. The van der Waals surface area contributed by atoms with E-state index in [0.29, 0.717) is 17.9 Å². The lowest BCUT2D eigenvalue weighted by Crippen LogP contribution is -2.02. The van der Waals surface area contributed by atoms with E-state index < -0.39 is 6.10 Å². The van der Waals surface area contributed by atoms with Crippen molar-refractivity contribution in [3.05, 3.63) is 64.5 Å². The van der Waals surface area contributed by atoms with E-state index in [0.717, 1.165) is 12.0 Å². The van der Waals surface area contributed by atoms with Gasteiger partial charge in [0.25, 0.3) is 0 Å². The van der Waals surface area contributed by atoms with E-state index in [4.69, 9.17) is 4.74 Å². The fraction of sp³-hybridized carbons (Fsp3) is 0.333. The molecule has 0 bridgehead atoms. The highest BCUT2D eigenvalue weighted by atomic mass is 19.1. The highest BCUT2D eigenvalue weighted by Crippen LogP contribution is 2.28. The van der Waals surface area contributed by atoms with Gasteiger partial charge in [0.2, 0.25) is 0 Å². The Bertz CT molecular complexity index is 650. The number of rotatable bonds is 4. The molecule has 2 nitrogen and oxygen atoms in total. The van der Waals surface area contributed by atoms with Gasteiger partial charge in [0.05, 0.1) is 6.10 Å². The molecule has 0 spiro atoms. The van der Waals surface area contributed by atoms with Crippen molar-refractivity contribution in [2.75, 3.05) is 0 Å². The second-order valence-electron chi connectivity index (χ2n) is 5.60. The first kappa shape index (κ1) is 14.1. The van der Waals surface area contributed by atoms with Crippen LogP contribution in [-0.2, 0) is 19.4 Å². The van der Waals surface area contributed by atoms with Gasteiger partial charge in [-0.2, -0.15) is 0 Å². The summed E-state index contributed by atoms with van der Waals surface area (Å²) in [6.07, 6.45) is 2.78. The van der Waals surface area contributed by atoms with Gasteiger partial charge in [-0.25, -0.2) is 4.39 Å². The van der Waals surface area contributed by atoms with E-state index in [2.05, 4.69) is 18.2 Å². The van der Waals surface area contributed by atoms with Crippen LogP contribution >= 0.6 is 0 Å². The number of aryl methyl sites for hydroxylation is 2. The Balaban J connectivity index is 1.76. The maximum atomic E-state index is 13.3. The van der Waals surface area contributed by atoms with Crippen molar-refractivity contribution in [3.8, 4) is 5.75 Å². The van der Waals surface area contributed by atoms with Crippen LogP contribution < -0.4 is 4.74 Å². The number of ether oxygens (including phenoxy) is 1. The number of hydrogen-bond acceptors (Lipinski definition) is 2. The number of benzene rings is 2. The predicted molar refractivity (Wildman–Crippen MR) is 79.8 cm³/mol. The standard InChI is InChI=1S/C18H19FO2/c1-12(20)17-10-16(19)7-8-18(17)21-11-13-5-6-14-3-2-4-15(14)9-13/h5-10,12,20H,2-4,11H2,1H3/t12-/m0/s1. The average molecular weight is 286 g/mol. The monoisotopic (exact) mass is 286 g/mol. The minimum absolute atomic E-state index is 0.365. The van der Waals surface area contributed by atoms with Gasteiger partial charge in [-0.15, -0.1) is 0 Å². The summed E-state index contributed by atoms with van der Waals surface area (Å²) in [4.78, 5) is 0. The van der Waals surface area contributed by atoms with E-state index in [9.17, 15) is 9.50 Å². The first-order valence-corrected chi connectivity index (χ1v) is 7.34. The minimum Gasteiger partial charge on any atom is -0.489 e. The fourth-order valence-corrected chi connectivity index (χ4v) is 2.85. The predicted octanol–water partition coefficient (Wildman–Crippen LogP) is 3.95. The Labute approximate surface area is 124 Å². The van der Waals surface area contributed by atoms with Crippen LogP contribution in [0.25, 0.3) is 0 Å². The van der Waals surface area contributed by atoms with Crippen molar-refractivity contribution in [2.45, 2.75) is 38.9 Å². The van der Waals surface area contributed by atoms with Crippen LogP contribution in [0, 0.1) is 5.82 Å². The normalized spacial score (nSPS) is 14.8. The molecule has 0 radical (unpaired) electrons. The molecule has 3 heteroatoms. The summed E-state index contributed by atoms with van der Waals surface area (Å²) in [7, 11) is 0. The second kappa shape index (κ2) is 5.86. The molecule has 0 aliphatic heterocycles. The average Bonchev–Trinajstić information content (AvgIpc) is 2.93. The van der Waals surface area contributed by atoms with Gasteiger partial charge in [0, 0.05) is 5.56 Å². The van der Waals surface area contributed by atoms with Crippen LogP contribution in [0.15, 0.2) is 36.4 Å². The zero-order chi connectivity index (χ0) is 14.8. The van der Waals surface area contributed by atoms with Crippen molar-refractivity contribution in [1.82, 2.24) is 0 Å². The van der Waals surface area contributed by atoms with Crippen molar-refractivity contribution in [3.63, 3.8) is 0 Å². The van der Waals surface area contributed by atoms with Crippen molar-refractivity contribution >= 4 is 0 Å². The second-order valence-corrected chi connectivity index (χ2v) is 5.60. The maximum Gasteiger partial charge on any atom is 0.125 e. The van der Waals surface area contributed by atoms with E-state index >= 15 is 0 Å². The van der Waals surface area contributed by atoms with Crippen LogP contribution in [0.4, 0.5) is 4.39 Å². The zero-order valence-electron chi connectivity index (χ0n) is 12.1. The van der Waals surface area contributed by atoms with E-state index in [1.165, 1.54) is 36.1 Å². The molecular weight excluding hydrogens is 267 g/mol. The molecule has 2 aromatic rings. The number of hydrogen-bond donors (Lipinski definition) is 1. The molecule has 110 valence electrons. The number of halogens is 1. The van der Waals surface area contributed by atoms with Crippen LogP contribution in [0.3, 0.4) is 0 Å². The largest absolute Gasteiger partial charge is 0.489 e. The number of aliphatic hydroxyl groups excluding tert-OH is 1. The summed E-state index contributed by atoms with van der Waals surface area (Å²) >= 11 is 0. The Kier molecular flexibility index (Phi) is 3.93. The Morgan fingerprint density at radius 2 is 1.95 bits per heavy atom. The number of aliphatic hydroxyl groups is 1.